The average molecular weight is 473 g/mol. The van der Waals surface area contributed by atoms with Gasteiger partial charge < -0.3 is 10.2 Å². The Labute approximate surface area is 204 Å². The van der Waals surface area contributed by atoms with E-state index in [0.717, 1.165) is 18.4 Å². The first-order valence-corrected chi connectivity index (χ1v) is 11.8. The molecule has 0 spiro atoms. The molecule has 4 rings (SSSR count). The molecule has 4 aromatic rings. The van der Waals surface area contributed by atoms with Crippen molar-refractivity contribution in [3.05, 3.63) is 100 Å². The van der Waals surface area contributed by atoms with E-state index in [9.17, 15) is 14.0 Å². The smallest absolute Gasteiger partial charge is 0.315 e. The van der Waals surface area contributed by atoms with Gasteiger partial charge in [-0.05, 0) is 56.2 Å². The Hall–Kier alpha value is -4.00. The normalized spacial score (nSPS) is 11.9. The number of amides is 2. The zero-order valence-electron chi connectivity index (χ0n) is 20.2. The van der Waals surface area contributed by atoms with Crippen molar-refractivity contribution >= 4 is 22.6 Å². The highest BCUT2D eigenvalue weighted by atomic mass is 19.1. The number of anilines is 1. The van der Waals surface area contributed by atoms with Crippen LogP contribution in [0.4, 0.5) is 14.9 Å². The lowest BCUT2D eigenvalue weighted by molar-refractivity contribution is 0.188. The summed E-state index contributed by atoms with van der Waals surface area (Å²) in [4.78, 5) is 33.6. The lowest BCUT2D eigenvalue weighted by Gasteiger charge is -2.31. The minimum atomic E-state index is -0.565. The van der Waals surface area contributed by atoms with E-state index >= 15 is 0 Å². The van der Waals surface area contributed by atoms with Crippen LogP contribution >= 0.6 is 0 Å². The Morgan fingerprint density at radius 1 is 1.06 bits per heavy atom. The van der Waals surface area contributed by atoms with Crippen molar-refractivity contribution in [3.8, 4) is 5.69 Å². The summed E-state index contributed by atoms with van der Waals surface area (Å²) in [7, 11) is 0. The lowest BCUT2D eigenvalue weighted by Crippen LogP contribution is -2.40. The number of aryl methyl sites for hydroxylation is 1. The van der Waals surface area contributed by atoms with E-state index in [2.05, 4.69) is 5.32 Å². The minimum absolute atomic E-state index is 0.106. The summed E-state index contributed by atoms with van der Waals surface area (Å²) >= 11 is 0. The van der Waals surface area contributed by atoms with Gasteiger partial charge in [-0.2, -0.15) is 0 Å². The highest BCUT2D eigenvalue weighted by Gasteiger charge is 2.27. The number of hydrogen-bond acceptors (Lipinski definition) is 3. The molecule has 0 aliphatic heterocycles. The van der Waals surface area contributed by atoms with Crippen LogP contribution in [-0.4, -0.2) is 27.0 Å². The number of rotatable bonds is 7. The summed E-state index contributed by atoms with van der Waals surface area (Å²) < 4.78 is 15.9. The van der Waals surface area contributed by atoms with Gasteiger partial charge in [0.15, 0.2) is 0 Å². The van der Waals surface area contributed by atoms with Gasteiger partial charge in [0.25, 0.3) is 5.56 Å². The fraction of sp³-hybridized carbons (Fsp3) is 0.250. The zero-order valence-corrected chi connectivity index (χ0v) is 20.2. The van der Waals surface area contributed by atoms with E-state index < -0.39 is 17.9 Å². The van der Waals surface area contributed by atoms with Crippen LogP contribution in [0.3, 0.4) is 0 Å². The van der Waals surface area contributed by atoms with Gasteiger partial charge in [0.2, 0.25) is 0 Å². The first-order chi connectivity index (χ1) is 16.9. The van der Waals surface area contributed by atoms with E-state index in [1.807, 2.05) is 57.2 Å². The highest BCUT2D eigenvalue weighted by Crippen LogP contribution is 2.26. The molecule has 0 fully saturated rings. The molecular weight excluding hydrogens is 443 g/mol. The van der Waals surface area contributed by atoms with Crippen LogP contribution in [-0.2, 0) is 0 Å². The number of carbonyl (C=O) groups is 1. The van der Waals surface area contributed by atoms with Crippen molar-refractivity contribution in [2.75, 3.05) is 11.9 Å². The second kappa shape index (κ2) is 10.5. The summed E-state index contributed by atoms with van der Waals surface area (Å²) in [5.74, 6) is -0.0626. The molecular formula is C28H29FN4O2. The SMILES string of the molecule is CCCCN(C(=O)Nc1ccccc1F)C(C)c1nc2ccccc2c(=O)n1-c1ccccc1C. The van der Waals surface area contributed by atoms with Crippen LogP contribution in [0.1, 0.15) is 44.1 Å². The number of hydrogen-bond donors (Lipinski definition) is 1. The largest absolute Gasteiger partial charge is 0.322 e. The van der Waals surface area contributed by atoms with Gasteiger partial charge in [0.1, 0.15) is 11.6 Å². The third-order valence-electron chi connectivity index (χ3n) is 6.13. The maximum Gasteiger partial charge on any atom is 0.322 e. The Morgan fingerprint density at radius 3 is 2.49 bits per heavy atom. The van der Waals surface area contributed by atoms with Crippen LogP contribution in [0.15, 0.2) is 77.6 Å². The summed E-state index contributed by atoms with van der Waals surface area (Å²) in [5, 5.41) is 3.19. The molecule has 0 radical (unpaired) electrons. The van der Waals surface area contributed by atoms with Crippen molar-refractivity contribution in [3.63, 3.8) is 0 Å². The molecule has 180 valence electrons. The molecule has 6 nitrogen and oxygen atoms in total. The van der Waals surface area contributed by atoms with Crippen LogP contribution in [0.5, 0.6) is 0 Å². The van der Waals surface area contributed by atoms with E-state index in [1.54, 1.807) is 33.7 Å². The minimum Gasteiger partial charge on any atom is -0.315 e. The van der Waals surface area contributed by atoms with Crippen molar-refractivity contribution < 1.29 is 9.18 Å². The summed E-state index contributed by atoms with van der Waals surface area (Å²) in [6, 6.07) is 19.8. The van der Waals surface area contributed by atoms with Gasteiger partial charge in [-0.15, -0.1) is 0 Å². The number of halogens is 1. The number of benzene rings is 3. The molecule has 35 heavy (non-hydrogen) atoms. The van der Waals surface area contributed by atoms with Crippen molar-refractivity contribution in [2.45, 2.75) is 39.7 Å². The van der Waals surface area contributed by atoms with Gasteiger partial charge in [0.05, 0.1) is 28.3 Å². The zero-order chi connectivity index (χ0) is 24.9. The molecule has 3 aromatic carbocycles. The number of unbranched alkanes of at least 4 members (excludes halogenated alkanes) is 1. The Kier molecular flexibility index (Phi) is 7.25. The van der Waals surface area contributed by atoms with Crippen LogP contribution in [0.2, 0.25) is 0 Å². The molecule has 7 heteroatoms. The average Bonchev–Trinajstić information content (AvgIpc) is 2.86. The number of nitrogens with zero attached hydrogens (tertiary/aromatic N) is 3. The van der Waals surface area contributed by atoms with Gasteiger partial charge >= 0.3 is 6.03 Å². The second-order valence-corrected chi connectivity index (χ2v) is 8.55. The molecule has 2 amide bonds. The molecule has 0 saturated carbocycles. The van der Waals surface area contributed by atoms with Gasteiger partial charge in [-0.3, -0.25) is 9.36 Å². The van der Waals surface area contributed by atoms with Crippen molar-refractivity contribution in [2.24, 2.45) is 0 Å². The maximum atomic E-state index is 14.3. The van der Waals surface area contributed by atoms with E-state index in [0.29, 0.717) is 29.0 Å². The molecule has 0 bridgehead atoms. The number of carbonyl (C=O) groups excluding carboxylic acids is 1. The first kappa shape index (κ1) is 24.1. The monoisotopic (exact) mass is 472 g/mol. The quantitative estimate of drug-likeness (QED) is 0.347. The third-order valence-corrected chi connectivity index (χ3v) is 6.13. The van der Waals surface area contributed by atoms with E-state index in [4.69, 9.17) is 4.98 Å². The van der Waals surface area contributed by atoms with Crippen LogP contribution in [0.25, 0.3) is 16.6 Å². The Bertz CT molecular complexity index is 1420. The fourth-order valence-electron chi connectivity index (χ4n) is 4.17. The van der Waals surface area contributed by atoms with Gasteiger partial charge in [-0.25, -0.2) is 14.2 Å². The standard InChI is InChI=1S/C28H29FN4O2/c1-4-5-18-32(28(35)31-24-16-10-8-14-22(24)29)20(3)26-30-23-15-9-7-13-21(23)27(34)33(26)25-17-11-6-12-19(25)2/h6-17,20H,4-5,18H2,1-3H3,(H,31,35). The summed E-state index contributed by atoms with van der Waals surface area (Å²) in [6.45, 7) is 6.25. The second-order valence-electron chi connectivity index (χ2n) is 8.55. The predicted octanol–water partition coefficient (Wildman–Crippen LogP) is 6.23. The molecule has 1 atom stereocenters. The molecule has 1 unspecified atom stereocenters. The lowest BCUT2D eigenvalue weighted by atomic mass is 10.1. The van der Waals surface area contributed by atoms with Gasteiger partial charge in [-0.1, -0.05) is 55.8 Å². The van der Waals surface area contributed by atoms with Crippen molar-refractivity contribution in [1.82, 2.24) is 14.5 Å². The molecule has 1 N–H and O–H groups in total. The first-order valence-electron chi connectivity index (χ1n) is 11.8. The third kappa shape index (κ3) is 4.94. The van der Waals surface area contributed by atoms with Crippen LogP contribution < -0.4 is 10.9 Å². The van der Waals surface area contributed by atoms with Gasteiger partial charge in [0, 0.05) is 6.54 Å². The maximum absolute atomic E-state index is 14.3. The highest BCUT2D eigenvalue weighted by molar-refractivity contribution is 5.89. The molecule has 0 aliphatic rings. The number of urea groups is 1. The Balaban J connectivity index is 1.85. The van der Waals surface area contributed by atoms with E-state index in [-0.39, 0.29) is 11.2 Å². The van der Waals surface area contributed by atoms with E-state index in [1.165, 1.54) is 12.1 Å². The number of para-hydroxylation sites is 3. The van der Waals surface area contributed by atoms with Crippen LogP contribution in [0, 0.1) is 12.7 Å². The summed E-state index contributed by atoms with van der Waals surface area (Å²) in [5.41, 5.74) is 2.10. The predicted molar refractivity (Wildman–Crippen MR) is 138 cm³/mol. The summed E-state index contributed by atoms with van der Waals surface area (Å²) in [6.07, 6.45) is 1.61. The molecule has 1 aromatic heterocycles. The number of aromatic nitrogens is 2. The topological polar surface area (TPSA) is 67.2 Å². The number of nitrogens with one attached hydrogen (secondary N) is 1. The molecule has 1 heterocycles. The molecule has 0 saturated heterocycles. The molecule has 0 aliphatic carbocycles. The fourth-order valence-corrected chi connectivity index (χ4v) is 4.17. The van der Waals surface area contributed by atoms with Crippen molar-refractivity contribution in [1.29, 1.82) is 0 Å². The number of fused-ring (bicyclic) bond motifs is 1. The Morgan fingerprint density at radius 2 is 1.74 bits per heavy atom.